The standard InChI is InChI=1S/C11H20BNO2/c1-8(7-9(2)13)12-14-10(3,4)11(5,6)15-12/h7H,2,13H2,1,3-6H3/b8-7+. The topological polar surface area (TPSA) is 44.5 Å². The van der Waals surface area contributed by atoms with Gasteiger partial charge < -0.3 is 15.0 Å². The molecule has 3 nitrogen and oxygen atoms in total. The molecular formula is C11H20BNO2. The molecule has 0 unspecified atom stereocenters. The summed E-state index contributed by atoms with van der Waals surface area (Å²) in [5.74, 6) is 0. The first-order chi connectivity index (χ1) is 6.66. The summed E-state index contributed by atoms with van der Waals surface area (Å²) in [6, 6.07) is 0. The first-order valence-corrected chi connectivity index (χ1v) is 5.14. The third-order valence-corrected chi connectivity index (χ3v) is 3.04. The molecule has 0 atom stereocenters. The van der Waals surface area contributed by atoms with Gasteiger partial charge in [0.15, 0.2) is 0 Å². The van der Waals surface area contributed by atoms with E-state index in [9.17, 15) is 0 Å². The Morgan fingerprint density at radius 3 is 1.93 bits per heavy atom. The van der Waals surface area contributed by atoms with E-state index in [0.29, 0.717) is 5.70 Å². The zero-order chi connectivity index (χ0) is 11.9. The Labute approximate surface area is 92.5 Å². The Balaban J connectivity index is 2.84. The quantitative estimate of drug-likeness (QED) is 0.559. The SMILES string of the molecule is C=C(N)/C=C(\C)B1OC(C)(C)C(C)(C)O1. The van der Waals surface area contributed by atoms with Crippen LogP contribution in [0, 0.1) is 0 Å². The predicted molar refractivity (Wildman–Crippen MR) is 63.2 cm³/mol. The molecule has 1 fully saturated rings. The van der Waals surface area contributed by atoms with Gasteiger partial charge in [-0.3, -0.25) is 0 Å². The first-order valence-electron chi connectivity index (χ1n) is 5.14. The lowest BCUT2D eigenvalue weighted by atomic mass is 9.79. The highest BCUT2D eigenvalue weighted by Crippen LogP contribution is 2.38. The van der Waals surface area contributed by atoms with Crippen molar-refractivity contribution < 1.29 is 9.31 Å². The van der Waals surface area contributed by atoms with Gasteiger partial charge in [-0.15, -0.1) is 0 Å². The normalized spacial score (nSPS) is 24.3. The van der Waals surface area contributed by atoms with Crippen molar-refractivity contribution in [2.45, 2.75) is 45.8 Å². The summed E-state index contributed by atoms with van der Waals surface area (Å²) in [6.45, 7) is 13.7. The second kappa shape index (κ2) is 3.69. The second-order valence-corrected chi connectivity index (χ2v) is 5.05. The molecule has 1 heterocycles. The second-order valence-electron chi connectivity index (χ2n) is 5.05. The lowest BCUT2D eigenvalue weighted by Crippen LogP contribution is -2.41. The molecule has 1 saturated heterocycles. The van der Waals surface area contributed by atoms with Gasteiger partial charge in [0, 0.05) is 5.70 Å². The number of nitrogens with two attached hydrogens (primary N) is 1. The van der Waals surface area contributed by atoms with E-state index < -0.39 is 0 Å². The third-order valence-electron chi connectivity index (χ3n) is 3.04. The molecule has 0 aromatic rings. The zero-order valence-corrected chi connectivity index (χ0v) is 10.3. The van der Waals surface area contributed by atoms with Crippen molar-refractivity contribution in [1.82, 2.24) is 0 Å². The molecule has 1 rings (SSSR count). The minimum atomic E-state index is -0.324. The van der Waals surface area contributed by atoms with Crippen molar-refractivity contribution in [3.63, 3.8) is 0 Å². The summed E-state index contributed by atoms with van der Waals surface area (Å²) < 4.78 is 11.7. The summed E-state index contributed by atoms with van der Waals surface area (Å²) in [5.41, 5.74) is 6.37. The fraction of sp³-hybridized carbons (Fsp3) is 0.636. The molecule has 0 aliphatic carbocycles. The van der Waals surface area contributed by atoms with Crippen molar-refractivity contribution in [2.75, 3.05) is 0 Å². The van der Waals surface area contributed by atoms with Crippen molar-refractivity contribution >= 4 is 7.12 Å². The van der Waals surface area contributed by atoms with Gasteiger partial charge in [0.25, 0.3) is 0 Å². The summed E-state index contributed by atoms with van der Waals surface area (Å²) in [6.07, 6.45) is 1.78. The number of hydrogen-bond acceptors (Lipinski definition) is 3. The fourth-order valence-corrected chi connectivity index (χ4v) is 1.39. The summed E-state index contributed by atoms with van der Waals surface area (Å²) in [7, 11) is -0.324. The highest BCUT2D eigenvalue weighted by atomic mass is 16.7. The van der Waals surface area contributed by atoms with Crippen LogP contribution in [0.3, 0.4) is 0 Å². The number of allylic oxidation sites excluding steroid dienone is 2. The largest absolute Gasteiger partial charge is 0.490 e. The van der Waals surface area contributed by atoms with Crippen LogP contribution in [0.25, 0.3) is 0 Å². The minimum absolute atomic E-state index is 0.303. The molecule has 4 heteroatoms. The Morgan fingerprint density at radius 1 is 1.20 bits per heavy atom. The highest BCUT2D eigenvalue weighted by molar-refractivity contribution is 6.54. The molecule has 1 aliphatic heterocycles. The monoisotopic (exact) mass is 209 g/mol. The Hall–Kier alpha value is -0.735. The molecule has 0 bridgehead atoms. The van der Waals surface area contributed by atoms with Crippen LogP contribution in [0.1, 0.15) is 34.6 Å². The van der Waals surface area contributed by atoms with E-state index in [1.165, 1.54) is 0 Å². The van der Waals surface area contributed by atoms with Gasteiger partial charge >= 0.3 is 7.12 Å². The maximum atomic E-state index is 5.84. The first kappa shape index (κ1) is 12.3. The Kier molecular flexibility index (Phi) is 3.03. The molecule has 1 aliphatic rings. The molecule has 0 aromatic carbocycles. The van der Waals surface area contributed by atoms with Gasteiger partial charge in [-0.25, -0.2) is 0 Å². The smallest absolute Gasteiger partial charge is 0.400 e. The van der Waals surface area contributed by atoms with Crippen LogP contribution < -0.4 is 5.73 Å². The Bertz CT molecular complexity index is 292. The van der Waals surface area contributed by atoms with E-state index in [1.54, 1.807) is 6.08 Å². The van der Waals surface area contributed by atoms with Crippen molar-refractivity contribution in [2.24, 2.45) is 5.73 Å². The minimum Gasteiger partial charge on any atom is -0.400 e. The van der Waals surface area contributed by atoms with Crippen LogP contribution in [0.4, 0.5) is 0 Å². The summed E-state index contributed by atoms with van der Waals surface area (Å²) in [5, 5.41) is 0. The molecule has 84 valence electrons. The lowest BCUT2D eigenvalue weighted by molar-refractivity contribution is 0.00578. The zero-order valence-electron chi connectivity index (χ0n) is 10.3. The van der Waals surface area contributed by atoms with Gasteiger partial charge in [-0.05, 0) is 46.2 Å². The summed E-state index contributed by atoms with van der Waals surface area (Å²) in [4.78, 5) is 0. The molecular weight excluding hydrogens is 189 g/mol. The van der Waals surface area contributed by atoms with Crippen LogP contribution >= 0.6 is 0 Å². The summed E-state index contributed by atoms with van der Waals surface area (Å²) >= 11 is 0. The molecule has 15 heavy (non-hydrogen) atoms. The van der Waals surface area contributed by atoms with Crippen molar-refractivity contribution in [3.05, 3.63) is 23.8 Å². The molecule has 0 radical (unpaired) electrons. The number of hydrogen-bond donors (Lipinski definition) is 1. The van der Waals surface area contributed by atoms with Gasteiger partial charge in [0.2, 0.25) is 0 Å². The Morgan fingerprint density at radius 2 is 1.60 bits per heavy atom. The maximum absolute atomic E-state index is 5.84. The average Bonchev–Trinajstić information content (AvgIpc) is 2.20. The molecule has 0 aromatic heterocycles. The predicted octanol–water partition coefficient (Wildman–Crippen LogP) is 2.04. The fourth-order valence-electron chi connectivity index (χ4n) is 1.39. The van der Waals surface area contributed by atoms with E-state index in [2.05, 4.69) is 6.58 Å². The lowest BCUT2D eigenvalue weighted by Gasteiger charge is -2.32. The van der Waals surface area contributed by atoms with Crippen LogP contribution in [0.2, 0.25) is 0 Å². The van der Waals surface area contributed by atoms with E-state index in [0.717, 1.165) is 5.47 Å². The van der Waals surface area contributed by atoms with Crippen LogP contribution in [-0.4, -0.2) is 18.3 Å². The van der Waals surface area contributed by atoms with E-state index >= 15 is 0 Å². The van der Waals surface area contributed by atoms with Gasteiger partial charge in [-0.1, -0.05) is 6.58 Å². The highest BCUT2D eigenvalue weighted by Gasteiger charge is 2.51. The van der Waals surface area contributed by atoms with Crippen LogP contribution in [0.5, 0.6) is 0 Å². The van der Waals surface area contributed by atoms with Gasteiger partial charge in [-0.2, -0.15) is 0 Å². The van der Waals surface area contributed by atoms with E-state index in [1.807, 2.05) is 34.6 Å². The van der Waals surface area contributed by atoms with E-state index in [-0.39, 0.29) is 18.3 Å². The molecule has 2 N–H and O–H groups in total. The maximum Gasteiger partial charge on any atom is 0.490 e. The van der Waals surface area contributed by atoms with Gasteiger partial charge in [0.05, 0.1) is 11.2 Å². The molecule has 0 saturated carbocycles. The number of rotatable bonds is 2. The third kappa shape index (κ3) is 2.44. The average molecular weight is 209 g/mol. The molecule has 0 spiro atoms. The van der Waals surface area contributed by atoms with Crippen molar-refractivity contribution in [3.8, 4) is 0 Å². The van der Waals surface area contributed by atoms with E-state index in [4.69, 9.17) is 15.0 Å². The van der Waals surface area contributed by atoms with Crippen LogP contribution in [0.15, 0.2) is 23.8 Å². The molecule has 0 amide bonds. The van der Waals surface area contributed by atoms with Crippen LogP contribution in [-0.2, 0) is 9.31 Å². The van der Waals surface area contributed by atoms with Crippen molar-refractivity contribution in [1.29, 1.82) is 0 Å². The van der Waals surface area contributed by atoms with Gasteiger partial charge in [0.1, 0.15) is 0 Å².